The van der Waals surface area contributed by atoms with E-state index in [-0.39, 0.29) is 10.5 Å². The maximum Gasteiger partial charge on any atom is 0.416 e. The SMILES string of the molecule is CSc1cc(OC(F)F)cnc1C1CC(C)(Sc2cccc(C(F)(F)F)c2)CCO1. The lowest BCUT2D eigenvalue weighted by Gasteiger charge is -2.38. The topological polar surface area (TPSA) is 31.4 Å². The Morgan fingerprint density at radius 2 is 2.03 bits per heavy atom. The summed E-state index contributed by atoms with van der Waals surface area (Å²) < 4.78 is 73.9. The van der Waals surface area contributed by atoms with Crippen LogP contribution >= 0.6 is 23.5 Å². The smallest absolute Gasteiger partial charge is 0.416 e. The molecule has 1 aliphatic heterocycles. The lowest BCUT2D eigenvalue weighted by atomic mass is 9.94. The van der Waals surface area contributed by atoms with Crippen molar-refractivity contribution < 1.29 is 31.4 Å². The number of thioether (sulfide) groups is 2. The van der Waals surface area contributed by atoms with E-state index in [9.17, 15) is 22.0 Å². The van der Waals surface area contributed by atoms with Gasteiger partial charge < -0.3 is 9.47 Å². The highest BCUT2D eigenvalue weighted by Crippen LogP contribution is 2.47. The molecule has 1 aromatic carbocycles. The van der Waals surface area contributed by atoms with E-state index in [0.717, 1.165) is 12.1 Å². The van der Waals surface area contributed by atoms with E-state index >= 15 is 0 Å². The fraction of sp³-hybridized carbons (Fsp3) is 0.450. The summed E-state index contributed by atoms with van der Waals surface area (Å²) in [6, 6.07) is 6.77. The van der Waals surface area contributed by atoms with Crippen LogP contribution in [0, 0.1) is 0 Å². The molecule has 0 N–H and O–H groups in total. The Labute approximate surface area is 179 Å². The van der Waals surface area contributed by atoms with Gasteiger partial charge in [0.2, 0.25) is 0 Å². The second kappa shape index (κ2) is 9.32. The van der Waals surface area contributed by atoms with Gasteiger partial charge in [-0.05, 0) is 50.3 Å². The van der Waals surface area contributed by atoms with E-state index in [2.05, 4.69) is 9.72 Å². The van der Waals surface area contributed by atoms with Crippen molar-refractivity contribution in [2.24, 2.45) is 0 Å². The zero-order chi connectivity index (χ0) is 21.9. The van der Waals surface area contributed by atoms with Gasteiger partial charge in [-0.2, -0.15) is 22.0 Å². The molecule has 0 saturated carbocycles. The van der Waals surface area contributed by atoms with Gasteiger partial charge in [0.1, 0.15) is 11.9 Å². The van der Waals surface area contributed by atoms with Gasteiger partial charge >= 0.3 is 12.8 Å². The Kier molecular flexibility index (Phi) is 7.19. The third-order valence-corrected chi connectivity index (χ3v) is 6.82. The zero-order valence-corrected chi connectivity index (χ0v) is 17.8. The summed E-state index contributed by atoms with van der Waals surface area (Å²) in [7, 11) is 0. The molecule has 0 spiro atoms. The first-order valence-electron chi connectivity index (χ1n) is 9.06. The molecule has 1 aliphatic rings. The molecule has 0 bridgehead atoms. The van der Waals surface area contributed by atoms with E-state index in [1.807, 2.05) is 6.92 Å². The molecule has 1 saturated heterocycles. The highest BCUT2D eigenvalue weighted by atomic mass is 32.2. The van der Waals surface area contributed by atoms with Crippen molar-refractivity contribution in [2.45, 2.75) is 53.2 Å². The molecule has 3 nitrogen and oxygen atoms in total. The number of hydrogen-bond acceptors (Lipinski definition) is 5. The number of aromatic nitrogens is 1. The third kappa shape index (κ3) is 5.79. The van der Waals surface area contributed by atoms with Crippen molar-refractivity contribution in [1.29, 1.82) is 0 Å². The summed E-state index contributed by atoms with van der Waals surface area (Å²) in [5, 5.41) is 0. The number of alkyl halides is 5. The summed E-state index contributed by atoms with van der Waals surface area (Å²) in [5.41, 5.74) is -0.0691. The number of halogens is 5. The normalized spacial score (nSPS) is 22.3. The predicted octanol–water partition coefficient (Wildman–Crippen LogP) is 6.83. The third-order valence-electron chi connectivity index (χ3n) is 4.70. The molecule has 1 aromatic heterocycles. The van der Waals surface area contributed by atoms with Crippen LogP contribution in [0.1, 0.15) is 37.1 Å². The van der Waals surface area contributed by atoms with E-state index in [4.69, 9.17) is 4.74 Å². The van der Waals surface area contributed by atoms with Crippen LogP contribution in [-0.4, -0.2) is 29.2 Å². The van der Waals surface area contributed by atoms with Crippen molar-refractivity contribution in [1.82, 2.24) is 4.98 Å². The molecule has 164 valence electrons. The van der Waals surface area contributed by atoms with Gasteiger partial charge in [0, 0.05) is 21.1 Å². The molecule has 30 heavy (non-hydrogen) atoms. The van der Waals surface area contributed by atoms with Gasteiger partial charge in [0.25, 0.3) is 0 Å². The summed E-state index contributed by atoms with van der Waals surface area (Å²) >= 11 is 2.72. The van der Waals surface area contributed by atoms with Crippen LogP contribution in [0.4, 0.5) is 22.0 Å². The first-order valence-corrected chi connectivity index (χ1v) is 11.1. The molecule has 0 amide bonds. The Hall–Kier alpha value is -1.52. The second-order valence-corrected chi connectivity index (χ2v) is 9.54. The Morgan fingerprint density at radius 1 is 1.27 bits per heavy atom. The highest BCUT2D eigenvalue weighted by molar-refractivity contribution is 8.00. The van der Waals surface area contributed by atoms with Crippen LogP contribution < -0.4 is 4.74 Å². The fourth-order valence-electron chi connectivity index (χ4n) is 3.27. The van der Waals surface area contributed by atoms with Gasteiger partial charge in [0.05, 0.1) is 17.5 Å². The number of hydrogen-bond donors (Lipinski definition) is 0. The quantitative estimate of drug-likeness (QED) is 0.345. The molecule has 10 heteroatoms. The minimum Gasteiger partial charge on any atom is -0.433 e. The maximum absolute atomic E-state index is 13.0. The average Bonchev–Trinajstić information content (AvgIpc) is 2.66. The van der Waals surface area contributed by atoms with Crippen LogP contribution in [0.15, 0.2) is 46.3 Å². The largest absolute Gasteiger partial charge is 0.433 e. The molecule has 2 unspecified atom stereocenters. The van der Waals surface area contributed by atoms with E-state index in [0.29, 0.717) is 34.9 Å². The summed E-state index contributed by atoms with van der Waals surface area (Å²) in [6.45, 7) is -0.538. The van der Waals surface area contributed by atoms with Crippen molar-refractivity contribution in [3.63, 3.8) is 0 Å². The van der Waals surface area contributed by atoms with Crippen LogP contribution in [0.5, 0.6) is 5.75 Å². The minimum atomic E-state index is -4.39. The number of pyridine rings is 1. The highest BCUT2D eigenvalue weighted by Gasteiger charge is 2.37. The Morgan fingerprint density at radius 3 is 2.70 bits per heavy atom. The number of benzene rings is 1. The van der Waals surface area contributed by atoms with Crippen LogP contribution in [0.25, 0.3) is 0 Å². The Bertz CT molecular complexity index is 881. The average molecular weight is 466 g/mol. The van der Waals surface area contributed by atoms with E-state index in [1.165, 1.54) is 41.9 Å². The second-order valence-electron chi connectivity index (χ2n) is 7.03. The van der Waals surface area contributed by atoms with Crippen LogP contribution in [0.2, 0.25) is 0 Å². The van der Waals surface area contributed by atoms with Crippen molar-refractivity contribution >= 4 is 23.5 Å². The van der Waals surface area contributed by atoms with Crippen molar-refractivity contribution in [3.8, 4) is 5.75 Å². The molecule has 1 fully saturated rings. The van der Waals surface area contributed by atoms with Gasteiger partial charge in [-0.25, -0.2) is 0 Å². The van der Waals surface area contributed by atoms with E-state index in [1.54, 1.807) is 12.3 Å². The summed E-state index contributed by atoms with van der Waals surface area (Å²) in [5.74, 6) is -0.0324. The number of rotatable bonds is 6. The molecule has 0 aliphatic carbocycles. The number of nitrogens with zero attached hydrogens (tertiary/aromatic N) is 1. The zero-order valence-electron chi connectivity index (χ0n) is 16.2. The maximum atomic E-state index is 13.0. The molecule has 0 radical (unpaired) electrons. The van der Waals surface area contributed by atoms with Gasteiger partial charge in [-0.1, -0.05) is 6.07 Å². The lowest BCUT2D eigenvalue weighted by Crippen LogP contribution is -2.32. The van der Waals surface area contributed by atoms with Crippen LogP contribution in [0.3, 0.4) is 0 Å². The number of ether oxygens (including phenoxy) is 2. The predicted molar refractivity (Wildman–Crippen MR) is 106 cm³/mol. The molecule has 2 atom stereocenters. The van der Waals surface area contributed by atoms with E-state index < -0.39 is 24.5 Å². The monoisotopic (exact) mass is 465 g/mol. The van der Waals surface area contributed by atoms with Crippen molar-refractivity contribution in [3.05, 3.63) is 47.8 Å². The van der Waals surface area contributed by atoms with Crippen molar-refractivity contribution in [2.75, 3.05) is 12.9 Å². The first kappa shape index (κ1) is 23.1. The lowest BCUT2D eigenvalue weighted by molar-refractivity contribution is -0.137. The standard InChI is InChI=1S/C20H20F5NO2S2/c1-19(30-14-5-3-4-12(8-14)20(23,24)25)6-7-27-15(10-19)17-16(29-2)9-13(11-26-17)28-18(21)22/h3-5,8-9,11,15,18H,6-7,10H2,1-2H3. The van der Waals surface area contributed by atoms with Gasteiger partial charge in [0.15, 0.2) is 0 Å². The molecular weight excluding hydrogens is 445 g/mol. The minimum absolute atomic E-state index is 0.0324. The van der Waals surface area contributed by atoms with Crippen LogP contribution in [-0.2, 0) is 10.9 Å². The molecule has 2 heterocycles. The molecular formula is C20H20F5NO2S2. The van der Waals surface area contributed by atoms with Gasteiger partial charge in [-0.15, -0.1) is 23.5 Å². The Balaban J connectivity index is 1.79. The summed E-state index contributed by atoms with van der Waals surface area (Å²) in [6.07, 6.45) is -0.586. The summed E-state index contributed by atoms with van der Waals surface area (Å²) in [4.78, 5) is 5.48. The molecule has 2 aromatic rings. The first-order chi connectivity index (χ1) is 14.1. The fourth-order valence-corrected chi connectivity index (χ4v) is 5.22. The molecule has 3 rings (SSSR count). The van der Waals surface area contributed by atoms with Gasteiger partial charge in [-0.3, -0.25) is 4.98 Å².